The molecule has 2 aromatic carbocycles. The standard InChI is InChI=1S/C27H27F3N4O5/c1-16(2)11-22(32-23(35)14-38-18-7-9-19(10-8-18)39-27(28,29)30)24(36)34-15-26(12-17(34)13-31)20-5-3-4-6-21(20)33-25(26)37/h3-10,16-17,22H,11-12,14-15H2,1-2H3,(H,32,35)(H,33,37)/t17-,22-,26-/m0/s1. The third-order valence-electron chi connectivity index (χ3n) is 6.68. The summed E-state index contributed by atoms with van der Waals surface area (Å²) in [6.45, 7) is 3.26. The number of nitrogens with one attached hydrogen (secondary N) is 2. The number of benzene rings is 2. The molecule has 0 aliphatic carbocycles. The van der Waals surface area contributed by atoms with E-state index in [1.165, 1.54) is 17.0 Å². The first-order valence-electron chi connectivity index (χ1n) is 12.3. The Bertz CT molecular complexity index is 1290. The van der Waals surface area contributed by atoms with Crippen molar-refractivity contribution in [3.63, 3.8) is 0 Å². The molecule has 3 atom stereocenters. The first-order chi connectivity index (χ1) is 18.4. The maximum absolute atomic E-state index is 13.7. The molecule has 1 spiro atoms. The van der Waals surface area contributed by atoms with Crippen LogP contribution >= 0.6 is 0 Å². The molecule has 2 aliphatic rings. The van der Waals surface area contributed by atoms with Crippen LogP contribution in [0.3, 0.4) is 0 Å². The van der Waals surface area contributed by atoms with E-state index in [0.29, 0.717) is 5.69 Å². The predicted octanol–water partition coefficient (Wildman–Crippen LogP) is 3.51. The minimum atomic E-state index is -4.83. The topological polar surface area (TPSA) is 121 Å². The third-order valence-corrected chi connectivity index (χ3v) is 6.68. The minimum absolute atomic E-state index is 0.000216. The quantitative estimate of drug-likeness (QED) is 0.525. The van der Waals surface area contributed by atoms with Crippen LogP contribution in [0.2, 0.25) is 0 Å². The van der Waals surface area contributed by atoms with Gasteiger partial charge in [0.25, 0.3) is 5.91 Å². The zero-order chi connectivity index (χ0) is 28.4. The minimum Gasteiger partial charge on any atom is -0.484 e. The number of halogens is 3. The van der Waals surface area contributed by atoms with Gasteiger partial charge in [-0.05, 0) is 48.2 Å². The number of anilines is 1. The number of amides is 3. The summed E-state index contributed by atoms with van der Waals surface area (Å²) in [5, 5.41) is 15.3. The Hall–Kier alpha value is -4.27. The lowest BCUT2D eigenvalue weighted by atomic mass is 9.80. The molecule has 2 heterocycles. The molecular formula is C27H27F3N4O5. The van der Waals surface area contributed by atoms with Crippen molar-refractivity contribution >= 4 is 23.4 Å². The maximum atomic E-state index is 13.7. The summed E-state index contributed by atoms with van der Waals surface area (Å²) in [5.41, 5.74) is 0.329. The van der Waals surface area contributed by atoms with Gasteiger partial charge in [-0.3, -0.25) is 14.4 Å². The Balaban J connectivity index is 1.44. The summed E-state index contributed by atoms with van der Waals surface area (Å²) in [7, 11) is 0. The Labute approximate surface area is 222 Å². The zero-order valence-electron chi connectivity index (χ0n) is 21.2. The molecule has 39 heavy (non-hydrogen) atoms. The monoisotopic (exact) mass is 544 g/mol. The summed E-state index contributed by atoms with van der Waals surface area (Å²) in [6.07, 6.45) is -4.42. The Morgan fingerprint density at radius 2 is 1.85 bits per heavy atom. The fraction of sp³-hybridized carbons (Fsp3) is 0.407. The van der Waals surface area contributed by atoms with E-state index in [0.717, 1.165) is 17.7 Å². The molecule has 0 aromatic heterocycles. The molecule has 0 saturated carbocycles. The molecule has 1 fully saturated rings. The van der Waals surface area contributed by atoms with Crippen molar-refractivity contribution in [3.8, 4) is 17.6 Å². The van der Waals surface area contributed by atoms with Gasteiger partial charge < -0.3 is 25.0 Å². The second-order valence-corrected chi connectivity index (χ2v) is 9.95. The number of para-hydroxylation sites is 1. The number of carbonyl (C=O) groups excluding carboxylic acids is 3. The van der Waals surface area contributed by atoms with Crippen molar-refractivity contribution < 1.29 is 37.0 Å². The lowest BCUT2D eigenvalue weighted by Crippen LogP contribution is -2.52. The van der Waals surface area contributed by atoms with Crippen LogP contribution in [-0.2, 0) is 19.8 Å². The fourth-order valence-electron chi connectivity index (χ4n) is 5.00. The molecule has 12 heteroatoms. The molecular weight excluding hydrogens is 517 g/mol. The first-order valence-corrected chi connectivity index (χ1v) is 12.3. The molecule has 1 saturated heterocycles. The number of alkyl halides is 3. The van der Waals surface area contributed by atoms with Crippen LogP contribution in [0.1, 0.15) is 32.3 Å². The van der Waals surface area contributed by atoms with Crippen molar-refractivity contribution in [3.05, 3.63) is 54.1 Å². The van der Waals surface area contributed by atoms with Gasteiger partial charge in [0.15, 0.2) is 6.61 Å². The Morgan fingerprint density at radius 3 is 2.49 bits per heavy atom. The molecule has 2 N–H and O–H groups in total. The number of ether oxygens (including phenoxy) is 2. The average molecular weight is 545 g/mol. The smallest absolute Gasteiger partial charge is 0.484 e. The van der Waals surface area contributed by atoms with Crippen LogP contribution in [0.15, 0.2) is 48.5 Å². The summed E-state index contributed by atoms with van der Waals surface area (Å²) < 4.78 is 46.1. The molecule has 206 valence electrons. The van der Waals surface area contributed by atoms with Gasteiger partial charge in [-0.1, -0.05) is 32.0 Å². The van der Waals surface area contributed by atoms with Gasteiger partial charge in [0.2, 0.25) is 11.8 Å². The molecule has 4 rings (SSSR count). The summed E-state index contributed by atoms with van der Waals surface area (Å²) in [4.78, 5) is 40.7. The average Bonchev–Trinajstić information content (AvgIpc) is 3.39. The summed E-state index contributed by atoms with van der Waals surface area (Å²) >= 11 is 0. The lowest BCUT2D eigenvalue weighted by Gasteiger charge is -2.28. The number of hydrogen-bond donors (Lipinski definition) is 2. The van der Waals surface area contributed by atoms with Crippen LogP contribution in [0, 0.1) is 17.2 Å². The Kier molecular flexibility index (Phi) is 7.72. The summed E-state index contributed by atoms with van der Waals surface area (Å²) in [6, 6.07) is 12.0. The molecule has 0 bridgehead atoms. The van der Waals surface area contributed by atoms with Crippen LogP contribution in [0.5, 0.6) is 11.5 Å². The molecule has 2 aliphatic heterocycles. The van der Waals surface area contributed by atoms with Gasteiger partial charge in [0.05, 0.1) is 11.5 Å². The number of rotatable bonds is 8. The second kappa shape index (κ2) is 10.8. The van der Waals surface area contributed by atoms with E-state index >= 15 is 0 Å². The Morgan fingerprint density at radius 1 is 1.18 bits per heavy atom. The van der Waals surface area contributed by atoms with Crippen molar-refractivity contribution in [2.24, 2.45) is 5.92 Å². The molecule has 0 radical (unpaired) electrons. The van der Waals surface area contributed by atoms with Gasteiger partial charge in [0.1, 0.15) is 23.6 Å². The van der Waals surface area contributed by atoms with Crippen LogP contribution in [-0.4, -0.2) is 54.2 Å². The highest BCUT2D eigenvalue weighted by Gasteiger charge is 2.56. The van der Waals surface area contributed by atoms with Gasteiger partial charge >= 0.3 is 6.36 Å². The molecule has 9 nitrogen and oxygen atoms in total. The second-order valence-electron chi connectivity index (χ2n) is 9.95. The SMILES string of the molecule is CC(C)C[C@H](NC(=O)COc1ccc(OC(F)(F)F)cc1)C(=O)N1C[C@]2(C[C@H]1C#N)C(=O)Nc1ccccc12. The number of nitrogens with zero attached hydrogens (tertiary/aromatic N) is 2. The van der Waals surface area contributed by atoms with Crippen LogP contribution in [0.25, 0.3) is 0 Å². The molecule has 3 amide bonds. The van der Waals surface area contributed by atoms with Gasteiger partial charge in [-0.2, -0.15) is 5.26 Å². The number of carbonyl (C=O) groups is 3. The van der Waals surface area contributed by atoms with Crippen molar-refractivity contribution in [2.45, 2.75) is 50.6 Å². The molecule has 0 unspecified atom stereocenters. The van der Waals surface area contributed by atoms with E-state index < -0.39 is 48.0 Å². The van der Waals surface area contributed by atoms with Crippen molar-refractivity contribution in [1.82, 2.24) is 10.2 Å². The predicted molar refractivity (Wildman–Crippen MR) is 132 cm³/mol. The number of likely N-dealkylation sites (tertiary alicyclic amines) is 1. The zero-order valence-corrected chi connectivity index (χ0v) is 21.2. The van der Waals surface area contributed by atoms with E-state index in [-0.39, 0.29) is 37.0 Å². The third kappa shape index (κ3) is 6.08. The van der Waals surface area contributed by atoms with E-state index in [2.05, 4.69) is 21.4 Å². The van der Waals surface area contributed by atoms with Crippen LogP contribution < -0.4 is 20.1 Å². The number of nitriles is 1. The molecule has 2 aromatic rings. The summed E-state index contributed by atoms with van der Waals surface area (Å²) in [5.74, 6) is -1.68. The number of fused-ring (bicyclic) bond motifs is 2. The van der Waals surface area contributed by atoms with E-state index in [4.69, 9.17) is 4.74 Å². The highest BCUT2D eigenvalue weighted by atomic mass is 19.4. The number of hydrogen-bond acceptors (Lipinski definition) is 6. The maximum Gasteiger partial charge on any atom is 0.573 e. The van der Waals surface area contributed by atoms with Gasteiger partial charge in [-0.15, -0.1) is 13.2 Å². The van der Waals surface area contributed by atoms with E-state index in [1.807, 2.05) is 19.9 Å². The van der Waals surface area contributed by atoms with E-state index in [9.17, 15) is 32.8 Å². The van der Waals surface area contributed by atoms with Crippen LogP contribution in [0.4, 0.5) is 18.9 Å². The normalized spacial score (nSPS) is 20.8. The highest BCUT2D eigenvalue weighted by Crippen LogP contribution is 2.46. The van der Waals surface area contributed by atoms with E-state index in [1.54, 1.807) is 18.2 Å². The van der Waals surface area contributed by atoms with Crippen molar-refractivity contribution in [2.75, 3.05) is 18.5 Å². The largest absolute Gasteiger partial charge is 0.573 e. The van der Waals surface area contributed by atoms with Gasteiger partial charge in [-0.25, -0.2) is 0 Å². The lowest BCUT2D eigenvalue weighted by molar-refractivity contribution is -0.274. The fourth-order valence-corrected chi connectivity index (χ4v) is 5.00. The highest BCUT2D eigenvalue weighted by molar-refractivity contribution is 6.07. The van der Waals surface area contributed by atoms with Crippen molar-refractivity contribution in [1.29, 1.82) is 5.26 Å². The first kappa shape index (κ1) is 27.8. The van der Waals surface area contributed by atoms with Gasteiger partial charge in [0, 0.05) is 18.7 Å².